The van der Waals surface area contributed by atoms with Crippen LogP contribution in [-0.2, 0) is 13.1 Å². The Balaban J connectivity index is 1.71. The minimum Gasteiger partial charge on any atom is -0.308 e. The van der Waals surface area contributed by atoms with Crippen molar-refractivity contribution in [2.24, 2.45) is 0 Å². The molecule has 0 bridgehead atoms. The van der Waals surface area contributed by atoms with E-state index in [0.717, 1.165) is 24.4 Å². The third kappa shape index (κ3) is 3.39. The van der Waals surface area contributed by atoms with E-state index in [0.29, 0.717) is 12.6 Å². The van der Waals surface area contributed by atoms with Crippen molar-refractivity contribution in [3.63, 3.8) is 0 Å². The van der Waals surface area contributed by atoms with Gasteiger partial charge in [0, 0.05) is 31.5 Å². The first-order chi connectivity index (χ1) is 8.25. The van der Waals surface area contributed by atoms with Gasteiger partial charge in [-0.1, -0.05) is 10.3 Å². The predicted molar refractivity (Wildman–Crippen MR) is 62.2 cm³/mol. The Morgan fingerprint density at radius 3 is 3.00 bits per heavy atom. The van der Waals surface area contributed by atoms with Crippen molar-refractivity contribution < 1.29 is 4.63 Å². The number of rotatable bonds is 6. The first kappa shape index (κ1) is 11.8. The van der Waals surface area contributed by atoms with E-state index in [4.69, 9.17) is 0 Å². The van der Waals surface area contributed by atoms with E-state index < -0.39 is 0 Å². The summed E-state index contributed by atoms with van der Waals surface area (Å²) in [4.78, 5) is 0. The summed E-state index contributed by atoms with van der Waals surface area (Å²) in [5.74, 6) is 0. The number of nitrogens with zero attached hydrogens (tertiary/aromatic N) is 4. The van der Waals surface area contributed by atoms with Crippen LogP contribution in [0.15, 0.2) is 23.1 Å². The summed E-state index contributed by atoms with van der Waals surface area (Å²) in [6.45, 7) is 5.64. The Morgan fingerprint density at radius 1 is 1.47 bits per heavy atom. The highest BCUT2D eigenvalue weighted by molar-refractivity contribution is 5.03. The third-order valence-electron chi connectivity index (χ3n) is 2.71. The molecule has 92 valence electrons. The molecule has 0 aliphatic carbocycles. The van der Waals surface area contributed by atoms with Gasteiger partial charge in [0.15, 0.2) is 0 Å². The van der Waals surface area contributed by atoms with Crippen LogP contribution < -0.4 is 5.32 Å². The molecule has 0 aliphatic heterocycles. The van der Waals surface area contributed by atoms with Gasteiger partial charge in [0.2, 0.25) is 0 Å². The first-order valence-corrected chi connectivity index (χ1v) is 5.74. The molecular weight excluding hydrogens is 218 g/mol. The van der Waals surface area contributed by atoms with E-state index in [2.05, 4.69) is 32.3 Å². The van der Waals surface area contributed by atoms with Crippen molar-refractivity contribution in [1.82, 2.24) is 25.4 Å². The minimum atomic E-state index is 0.398. The van der Waals surface area contributed by atoms with Crippen molar-refractivity contribution in [2.75, 3.05) is 0 Å². The van der Waals surface area contributed by atoms with Gasteiger partial charge in [-0.05, 0) is 26.3 Å². The molecular formula is C11H17N5O. The summed E-state index contributed by atoms with van der Waals surface area (Å²) in [6, 6.07) is 2.33. The fourth-order valence-electron chi connectivity index (χ4n) is 1.54. The first-order valence-electron chi connectivity index (χ1n) is 5.74. The van der Waals surface area contributed by atoms with Crippen molar-refractivity contribution in [3.8, 4) is 0 Å². The molecule has 0 radical (unpaired) electrons. The van der Waals surface area contributed by atoms with Crippen molar-refractivity contribution in [1.29, 1.82) is 0 Å². The van der Waals surface area contributed by atoms with Crippen LogP contribution in [0.3, 0.4) is 0 Å². The lowest BCUT2D eigenvalue weighted by Crippen LogP contribution is -2.27. The molecule has 2 aromatic heterocycles. The maximum absolute atomic E-state index is 4.64. The van der Waals surface area contributed by atoms with Gasteiger partial charge in [-0.3, -0.25) is 4.68 Å². The van der Waals surface area contributed by atoms with E-state index in [9.17, 15) is 0 Å². The van der Waals surface area contributed by atoms with Gasteiger partial charge in [0.05, 0.1) is 0 Å². The average molecular weight is 235 g/mol. The largest absolute Gasteiger partial charge is 0.308 e. The minimum absolute atomic E-state index is 0.398. The maximum atomic E-state index is 4.64. The summed E-state index contributed by atoms with van der Waals surface area (Å²) < 4.78 is 6.57. The van der Waals surface area contributed by atoms with Crippen LogP contribution in [0.5, 0.6) is 0 Å². The monoisotopic (exact) mass is 235 g/mol. The lowest BCUT2D eigenvalue weighted by atomic mass is 10.2. The quantitative estimate of drug-likeness (QED) is 0.813. The predicted octanol–water partition coefficient (Wildman–Crippen LogP) is 1.14. The number of hydrogen-bond donors (Lipinski definition) is 1. The normalized spacial score (nSPS) is 12.8. The van der Waals surface area contributed by atoms with Crippen molar-refractivity contribution in [2.45, 2.75) is 39.4 Å². The molecule has 17 heavy (non-hydrogen) atoms. The second-order valence-corrected chi connectivity index (χ2v) is 4.14. The molecule has 6 heteroatoms. The van der Waals surface area contributed by atoms with E-state index in [-0.39, 0.29) is 0 Å². The van der Waals surface area contributed by atoms with Gasteiger partial charge in [-0.2, -0.15) is 5.10 Å². The van der Waals surface area contributed by atoms with E-state index >= 15 is 0 Å². The molecule has 6 nitrogen and oxygen atoms in total. The highest BCUT2D eigenvalue weighted by Gasteiger charge is 2.07. The summed E-state index contributed by atoms with van der Waals surface area (Å²) >= 11 is 0. The van der Waals surface area contributed by atoms with E-state index in [1.807, 2.05) is 23.9 Å². The number of aryl methyl sites for hydroxylation is 2. The number of hydrogen-bond acceptors (Lipinski definition) is 5. The van der Waals surface area contributed by atoms with Crippen LogP contribution in [0.4, 0.5) is 0 Å². The molecule has 1 atom stereocenters. The molecule has 0 saturated carbocycles. The molecule has 0 amide bonds. The summed E-state index contributed by atoms with van der Waals surface area (Å²) in [7, 11) is 0. The highest BCUT2D eigenvalue weighted by atomic mass is 16.6. The van der Waals surface area contributed by atoms with Crippen LogP contribution in [-0.4, -0.2) is 26.1 Å². The molecule has 2 aromatic rings. The number of nitrogens with one attached hydrogen (secondary N) is 1. The molecule has 2 rings (SSSR count). The van der Waals surface area contributed by atoms with Crippen LogP contribution in [0.1, 0.15) is 24.7 Å². The summed E-state index contributed by atoms with van der Waals surface area (Å²) in [6.07, 6.45) is 4.78. The van der Waals surface area contributed by atoms with E-state index in [1.54, 1.807) is 6.20 Å². The Hall–Kier alpha value is -1.69. The fraction of sp³-hybridized carbons (Fsp3) is 0.545. The van der Waals surface area contributed by atoms with Crippen molar-refractivity contribution in [3.05, 3.63) is 29.8 Å². The Kier molecular flexibility index (Phi) is 3.87. The molecule has 0 aromatic carbocycles. The summed E-state index contributed by atoms with van der Waals surface area (Å²) in [5.41, 5.74) is 1.72. The Bertz CT molecular complexity index is 436. The van der Waals surface area contributed by atoms with Crippen LogP contribution in [0.2, 0.25) is 0 Å². The molecule has 0 fully saturated rings. The third-order valence-corrected chi connectivity index (χ3v) is 2.71. The second-order valence-electron chi connectivity index (χ2n) is 4.14. The van der Waals surface area contributed by atoms with Gasteiger partial charge in [0.25, 0.3) is 0 Å². The molecule has 0 aliphatic rings. The Morgan fingerprint density at radius 2 is 2.35 bits per heavy atom. The fourth-order valence-corrected chi connectivity index (χ4v) is 1.54. The van der Waals surface area contributed by atoms with E-state index in [1.165, 1.54) is 0 Å². The van der Waals surface area contributed by atoms with Crippen LogP contribution in [0, 0.1) is 6.92 Å². The molecule has 0 saturated heterocycles. The zero-order chi connectivity index (χ0) is 12.1. The summed E-state index contributed by atoms with van der Waals surface area (Å²) in [5, 5.41) is 15.1. The zero-order valence-electron chi connectivity index (χ0n) is 10.1. The standard InChI is InChI=1S/C11H17N5O/c1-9(4-7-16-6-3-5-13-16)12-8-11-10(2)14-17-15-11/h3,5-6,9,12H,4,7-8H2,1-2H3/t9-/m0/s1. The smallest absolute Gasteiger partial charge is 0.121 e. The van der Waals surface area contributed by atoms with Crippen LogP contribution >= 0.6 is 0 Å². The number of aromatic nitrogens is 4. The second kappa shape index (κ2) is 5.58. The van der Waals surface area contributed by atoms with Gasteiger partial charge in [-0.15, -0.1) is 0 Å². The van der Waals surface area contributed by atoms with Crippen molar-refractivity contribution >= 4 is 0 Å². The maximum Gasteiger partial charge on any atom is 0.121 e. The molecule has 0 unspecified atom stereocenters. The zero-order valence-corrected chi connectivity index (χ0v) is 10.1. The van der Waals surface area contributed by atoms with Gasteiger partial charge in [-0.25, -0.2) is 4.63 Å². The van der Waals surface area contributed by atoms with Gasteiger partial charge < -0.3 is 5.32 Å². The average Bonchev–Trinajstić information content (AvgIpc) is 2.95. The van der Waals surface area contributed by atoms with Gasteiger partial charge >= 0.3 is 0 Å². The topological polar surface area (TPSA) is 68.8 Å². The molecule has 2 heterocycles. The molecule has 0 spiro atoms. The SMILES string of the molecule is Cc1nonc1CN[C@@H](C)CCn1cccn1. The lowest BCUT2D eigenvalue weighted by Gasteiger charge is -2.12. The van der Waals surface area contributed by atoms with Crippen LogP contribution in [0.25, 0.3) is 0 Å². The molecule has 1 N–H and O–H groups in total. The highest BCUT2D eigenvalue weighted by Crippen LogP contribution is 2.02. The van der Waals surface area contributed by atoms with Gasteiger partial charge in [0.1, 0.15) is 11.4 Å². The lowest BCUT2D eigenvalue weighted by molar-refractivity contribution is 0.299. The Labute approximate surface area is 100.0 Å².